The molecular weight excluding hydrogens is 324 g/mol. The van der Waals surface area contributed by atoms with Gasteiger partial charge in [-0.25, -0.2) is 11.6 Å². The van der Waals surface area contributed by atoms with Crippen LogP contribution in [-0.2, 0) is 0 Å². The zero-order chi connectivity index (χ0) is 18.4. The second-order valence-corrected chi connectivity index (χ2v) is 9.95. The van der Waals surface area contributed by atoms with Crippen molar-refractivity contribution in [2.24, 2.45) is 40.5 Å². The Labute approximate surface area is 159 Å². The molecule has 0 amide bonds. The van der Waals surface area contributed by atoms with Crippen LogP contribution in [0.15, 0.2) is 17.1 Å². The van der Waals surface area contributed by atoms with Crippen LogP contribution in [0.1, 0.15) is 66.2 Å². The number of isothiocyanates is 1. The zero-order valence-corrected chi connectivity index (χ0v) is 17.0. The van der Waals surface area contributed by atoms with E-state index in [0.717, 1.165) is 37.5 Å². The van der Waals surface area contributed by atoms with Crippen molar-refractivity contribution in [3.8, 4) is 0 Å². The quantitative estimate of drug-likeness (QED) is 0.254. The predicted molar refractivity (Wildman–Crippen MR) is 108 cm³/mol. The Balaban J connectivity index is 1.96. The van der Waals surface area contributed by atoms with Gasteiger partial charge in [0.05, 0.1) is 10.7 Å². The number of aliphatic imine (C=N–C) groups is 1. The van der Waals surface area contributed by atoms with E-state index in [-0.39, 0.29) is 11.1 Å². The third-order valence-electron chi connectivity index (χ3n) is 7.68. The second-order valence-electron chi connectivity index (χ2n) is 9.77. The van der Waals surface area contributed by atoms with Crippen LogP contribution < -0.4 is 0 Å². The molecule has 3 aliphatic carbocycles. The number of hydrogen-bond acceptors (Lipinski definition) is 2. The molecule has 0 bridgehead atoms. The molecule has 25 heavy (non-hydrogen) atoms. The molecule has 136 valence electrons. The van der Waals surface area contributed by atoms with E-state index in [1.807, 2.05) is 0 Å². The van der Waals surface area contributed by atoms with E-state index in [2.05, 4.69) is 49.3 Å². The minimum atomic E-state index is -0.163. The molecule has 0 aromatic rings. The van der Waals surface area contributed by atoms with E-state index in [0.29, 0.717) is 23.7 Å². The summed E-state index contributed by atoms with van der Waals surface area (Å²) in [5, 5.41) is 2.60. The van der Waals surface area contributed by atoms with Crippen molar-refractivity contribution in [3.63, 3.8) is 0 Å². The van der Waals surface area contributed by atoms with Gasteiger partial charge in [-0.05, 0) is 87.8 Å². The topological polar surface area (TPSA) is 16.7 Å². The largest absolute Gasteiger partial charge is 0.310 e. The van der Waals surface area contributed by atoms with Crippen molar-refractivity contribution in [2.75, 3.05) is 0 Å². The fraction of sp³-hybridized carbons (Fsp3) is 0.818. The fourth-order valence-corrected chi connectivity index (χ4v) is 6.87. The summed E-state index contributed by atoms with van der Waals surface area (Å²) in [5.74, 6) is 3.89. The van der Waals surface area contributed by atoms with Gasteiger partial charge in [0.15, 0.2) is 0 Å². The van der Waals surface area contributed by atoms with Gasteiger partial charge in [0.2, 0.25) is 5.54 Å². The molecule has 0 aliphatic heterocycles. The Kier molecular flexibility index (Phi) is 5.00. The standard InChI is InChI=1S/C22H32N2S/c1-14-7-8-18-20-17(9-10-22(18,5)23-6)15(2)11-16(19(14)20)12-21(3,4)24-13-25/h15-20H,1,7-12H2,2-5H3/t15-,16-,17+,18-,19-,20+,22+/m1/s1. The number of nitrogens with zero attached hydrogens (tertiary/aromatic N) is 2. The molecule has 3 fully saturated rings. The molecule has 3 heteroatoms. The highest BCUT2D eigenvalue weighted by Crippen LogP contribution is 2.61. The Hall–Kier alpha value is -0.970. The summed E-state index contributed by atoms with van der Waals surface area (Å²) in [7, 11) is 0. The van der Waals surface area contributed by atoms with Gasteiger partial charge >= 0.3 is 0 Å². The fourth-order valence-electron chi connectivity index (χ4n) is 6.62. The molecule has 0 radical (unpaired) electrons. The lowest BCUT2D eigenvalue weighted by atomic mass is 9.46. The minimum Gasteiger partial charge on any atom is -0.310 e. The molecule has 2 nitrogen and oxygen atoms in total. The molecule has 0 aromatic carbocycles. The number of rotatable bonds is 3. The highest BCUT2D eigenvalue weighted by Gasteiger charge is 2.59. The maximum atomic E-state index is 7.84. The third-order valence-corrected chi connectivity index (χ3v) is 7.77. The van der Waals surface area contributed by atoms with Crippen LogP contribution in [0.3, 0.4) is 0 Å². The first-order valence-electron chi connectivity index (χ1n) is 9.88. The summed E-state index contributed by atoms with van der Waals surface area (Å²) < 4.78 is 0. The Morgan fingerprint density at radius 3 is 2.80 bits per heavy atom. The van der Waals surface area contributed by atoms with Crippen molar-refractivity contribution < 1.29 is 0 Å². The van der Waals surface area contributed by atoms with Crippen LogP contribution >= 0.6 is 12.2 Å². The van der Waals surface area contributed by atoms with Crippen LogP contribution in [0.4, 0.5) is 0 Å². The number of allylic oxidation sites excluding steroid dienone is 1. The highest BCUT2D eigenvalue weighted by atomic mass is 32.1. The van der Waals surface area contributed by atoms with Gasteiger partial charge in [-0.1, -0.05) is 19.1 Å². The van der Waals surface area contributed by atoms with E-state index >= 15 is 0 Å². The predicted octanol–water partition coefficient (Wildman–Crippen LogP) is 6.20. The average Bonchev–Trinajstić information content (AvgIpc) is 2.53. The van der Waals surface area contributed by atoms with Gasteiger partial charge in [0.1, 0.15) is 0 Å². The molecule has 3 saturated carbocycles. The van der Waals surface area contributed by atoms with E-state index in [1.54, 1.807) is 0 Å². The summed E-state index contributed by atoms with van der Waals surface area (Å²) in [6, 6.07) is 0. The van der Waals surface area contributed by atoms with E-state index in [9.17, 15) is 0 Å². The summed E-state index contributed by atoms with van der Waals surface area (Å²) >= 11 is 4.87. The van der Waals surface area contributed by atoms with Gasteiger partial charge in [-0.2, -0.15) is 0 Å². The first-order chi connectivity index (χ1) is 11.7. The van der Waals surface area contributed by atoms with Gasteiger partial charge < -0.3 is 4.85 Å². The molecule has 0 N–H and O–H groups in total. The minimum absolute atomic E-state index is 0.149. The molecule has 0 aromatic heterocycles. The summed E-state index contributed by atoms with van der Waals surface area (Å²) in [5.41, 5.74) is 1.13. The van der Waals surface area contributed by atoms with Crippen molar-refractivity contribution in [3.05, 3.63) is 23.6 Å². The summed E-state index contributed by atoms with van der Waals surface area (Å²) in [4.78, 5) is 8.59. The molecule has 0 unspecified atom stereocenters. The van der Waals surface area contributed by atoms with E-state index in [4.69, 9.17) is 18.8 Å². The molecule has 0 saturated heterocycles. The zero-order valence-electron chi connectivity index (χ0n) is 16.2. The molecule has 3 aliphatic rings. The van der Waals surface area contributed by atoms with Crippen LogP contribution in [0.25, 0.3) is 4.85 Å². The molecule has 7 atom stereocenters. The Morgan fingerprint density at radius 2 is 2.16 bits per heavy atom. The number of hydrogen-bond donors (Lipinski definition) is 0. The van der Waals surface area contributed by atoms with Crippen LogP contribution in [0.2, 0.25) is 0 Å². The molecule has 0 spiro atoms. The SMILES string of the molecule is [C-]#[N+][C@@]1(C)CC[C@@H]2[C@@H]3[C@H](C(=C)CC[C@H]31)[C@@H](CC(C)(C)N=C=S)C[C@H]2C. The summed E-state index contributed by atoms with van der Waals surface area (Å²) in [6.45, 7) is 21.4. The van der Waals surface area contributed by atoms with Crippen molar-refractivity contribution in [1.29, 1.82) is 0 Å². The third kappa shape index (κ3) is 3.24. The Bertz CT molecular complexity index is 639. The van der Waals surface area contributed by atoms with Crippen molar-refractivity contribution >= 4 is 17.4 Å². The first kappa shape index (κ1) is 18.8. The monoisotopic (exact) mass is 356 g/mol. The lowest BCUT2D eigenvalue weighted by Crippen LogP contribution is -2.55. The lowest BCUT2D eigenvalue weighted by Gasteiger charge is -2.57. The van der Waals surface area contributed by atoms with Crippen molar-refractivity contribution in [2.45, 2.75) is 77.3 Å². The van der Waals surface area contributed by atoms with Gasteiger partial charge in [0, 0.05) is 19.3 Å². The Morgan fingerprint density at radius 1 is 1.44 bits per heavy atom. The van der Waals surface area contributed by atoms with Gasteiger partial charge in [0.25, 0.3) is 0 Å². The van der Waals surface area contributed by atoms with E-state index in [1.165, 1.54) is 18.4 Å². The normalized spacial score (nSPS) is 43.6. The summed E-state index contributed by atoms with van der Waals surface area (Å²) in [6.07, 6.45) is 6.89. The van der Waals surface area contributed by atoms with Gasteiger partial charge in [-0.15, -0.1) is 0 Å². The maximum absolute atomic E-state index is 7.84. The lowest BCUT2D eigenvalue weighted by molar-refractivity contribution is -0.0543. The van der Waals surface area contributed by atoms with Crippen LogP contribution in [0.5, 0.6) is 0 Å². The molecule has 3 rings (SSSR count). The highest BCUT2D eigenvalue weighted by molar-refractivity contribution is 7.78. The second kappa shape index (κ2) is 6.64. The van der Waals surface area contributed by atoms with Crippen molar-refractivity contribution in [1.82, 2.24) is 0 Å². The first-order valence-corrected chi connectivity index (χ1v) is 10.3. The smallest absolute Gasteiger partial charge is 0.233 e. The van der Waals surface area contributed by atoms with Crippen LogP contribution in [0, 0.1) is 42.1 Å². The molecular formula is C22H32N2S. The number of thiocarbonyl (C=S) groups is 1. The van der Waals surface area contributed by atoms with Crippen LogP contribution in [-0.4, -0.2) is 16.2 Å². The van der Waals surface area contributed by atoms with E-state index < -0.39 is 0 Å². The average molecular weight is 357 g/mol. The van der Waals surface area contributed by atoms with Gasteiger partial charge in [-0.3, -0.25) is 0 Å². The maximum Gasteiger partial charge on any atom is 0.233 e. The molecule has 0 heterocycles.